The molecule has 0 spiro atoms. The van der Waals surface area contributed by atoms with E-state index < -0.39 is 0 Å². The summed E-state index contributed by atoms with van der Waals surface area (Å²) in [5.74, 6) is 0.771. The maximum atomic E-state index is 5.44. The van der Waals surface area contributed by atoms with E-state index >= 15 is 0 Å². The molecule has 0 bridgehead atoms. The Balaban J connectivity index is 1.68. The number of para-hydroxylation sites is 1. The lowest BCUT2D eigenvalue weighted by Crippen LogP contribution is -2.00. The molecule has 0 saturated carbocycles. The van der Waals surface area contributed by atoms with Gasteiger partial charge in [-0.2, -0.15) is 10.1 Å². The second-order valence-electron chi connectivity index (χ2n) is 4.03. The molecule has 2 aromatic heterocycles. The first kappa shape index (κ1) is 11.3. The quantitative estimate of drug-likeness (QED) is 0.650. The van der Waals surface area contributed by atoms with Crippen LogP contribution in [0.1, 0.15) is 5.56 Å². The van der Waals surface area contributed by atoms with E-state index in [4.69, 9.17) is 5.73 Å². The molecule has 4 N–H and O–H groups in total. The number of nitrogen functional groups attached to an aromatic ring is 1. The molecule has 7 nitrogen and oxygen atoms in total. The van der Waals surface area contributed by atoms with Crippen LogP contribution in [-0.4, -0.2) is 25.0 Å². The molecule has 0 aliphatic carbocycles. The Morgan fingerprint density at radius 1 is 1.26 bits per heavy atom. The minimum absolute atomic E-state index is 0.294. The van der Waals surface area contributed by atoms with Gasteiger partial charge in [-0.3, -0.25) is 0 Å². The average Bonchev–Trinajstić information content (AvgIpc) is 3.06. The fourth-order valence-corrected chi connectivity index (χ4v) is 1.71. The van der Waals surface area contributed by atoms with E-state index in [9.17, 15) is 0 Å². The smallest absolute Gasteiger partial charge is 0.243 e. The summed E-state index contributed by atoms with van der Waals surface area (Å²) in [5.41, 5.74) is 7.50. The molecule has 0 atom stereocenters. The highest BCUT2D eigenvalue weighted by molar-refractivity contribution is 5.33. The van der Waals surface area contributed by atoms with Crippen molar-refractivity contribution < 1.29 is 0 Å². The van der Waals surface area contributed by atoms with E-state index in [1.807, 2.05) is 41.2 Å². The van der Waals surface area contributed by atoms with Crippen molar-refractivity contribution in [1.82, 2.24) is 25.0 Å². The Hall–Kier alpha value is -2.83. The van der Waals surface area contributed by atoms with Crippen LogP contribution in [0.4, 0.5) is 11.9 Å². The zero-order chi connectivity index (χ0) is 13.1. The number of benzene rings is 1. The van der Waals surface area contributed by atoms with Crippen LogP contribution in [0, 0.1) is 0 Å². The number of anilines is 2. The highest BCUT2D eigenvalue weighted by Gasteiger charge is 2.02. The van der Waals surface area contributed by atoms with Crippen molar-refractivity contribution in [1.29, 1.82) is 0 Å². The minimum atomic E-state index is 0.294. The number of H-pyrrole nitrogens is 1. The zero-order valence-electron chi connectivity index (χ0n) is 10.1. The van der Waals surface area contributed by atoms with Gasteiger partial charge in [0, 0.05) is 18.3 Å². The van der Waals surface area contributed by atoms with Crippen molar-refractivity contribution in [2.24, 2.45) is 0 Å². The molecule has 3 aromatic rings. The van der Waals surface area contributed by atoms with E-state index in [1.54, 1.807) is 6.20 Å². The number of hydrogen-bond acceptors (Lipinski definition) is 5. The zero-order valence-corrected chi connectivity index (χ0v) is 10.1. The lowest BCUT2D eigenvalue weighted by molar-refractivity contribution is 0.880. The van der Waals surface area contributed by atoms with Crippen LogP contribution in [0.5, 0.6) is 0 Å². The lowest BCUT2D eigenvalue weighted by atomic mass is 10.3. The summed E-state index contributed by atoms with van der Waals surface area (Å²) in [6.45, 7) is 0.587. The number of nitrogens with two attached hydrogens (primary N) is 1. The van der Waals surface area contributed by atoms with Crippen LogP contribution in [0.2, 0.25) is 0 Å². The number of aromatic nitrogens is 5. The summed E-state index contributed by atoms with van der Waals surface area (Å²) in [6, 6.07) is 9.93. The summed E-state index contributed by atoms with van der Waals surface area (Å²) in [6.07, 6.45) is 3.76. The van der Waals surface area contributed by atoms with Gasteiger partial charge in [-0.1, -0.05) is 18.2 Å². The molecule has 2 heterocycles. The Labute approximate surface area is 109 Å². The third-order valence-electron chi connectivity index (χ3n) is 2.61. The SMILES string of the molecule is Nc1nc(NCc2cnn(-c3ccccc3)c2)n[nH]1. The molecule has 3 rings (SSSR count). The van der Waals surface area contributed by atoms with Gasteiger partial charge in [-0.25, -0.2) is 9.78 Å². The first-order valence-electron chi connectivity index (χ1n) is 5.82. The topological polar surface area (TPSA) is 97.4 Å². The maximum Gasteiger partial charge on any atom is 0.243 e. The first-order chi connectivity index (χ1) is 9.31. The summed E-state index contributed by atoms with van der Waals surface area (Å²) >= 11 is 0. The lowest BCUT2D eigenvalue weighted by Gasteiger charge is -1.99. The Morgan fingerprint density at radius 3 is 2.84 bits per heavy atom. The normalized spacial score (nSPS) is 10.5. The van der Waals surface area contributed by atoms with E-state index in [0.29, 0.717) is 18.4 Å². The van der Waals surface area contributed by atoms with Crippen molar-refractivity contribution >= 4 is 11.9 Å². The van der Waals surface area contributed by atoms with Crippen molar-refractivity contribution in [3.8, 4) is 5.69 Å². The first-order valence-corrected chi connectivity index (χ1v) is 5.82. The van der Waals surface area contributed by atoms with Gasteiger partial charge in [0.2, 0.25) is 11.9 Å². The molecule has 19 heavy (non-hydrogen) atoms. The molecular weight excluding hydrogens is 242 g/mol. The number of hydrogen-bond donors (Lipinski definition) is 3. The Morgan fingerprint density at radius 2 is 2.11 bits per heavy atom. The molecule has 0 saturated heterocycles. The fourth-order valence-electron chi connectivity index (χ4n) is 1.71. The van der Waals surface area contributed by atoms with Gasteiger partial charge >= 0.3 is 0 Å². The monoisotopic (exact) mass is 255 g/mol. The van der Waals surface area contributed by atoms with E-state index in [-0.39, 0.29) is 0 Å². The molecule has 0 unspecified atom stereocenters. The highest BCUT2D eigenvalue weighted by Crippen LogP contribution is 2.09. The molecular formula is C12H13N7. The second kappa shape index (κ2) is 4.81. The Bertz CT molecular complexity index is 656. The average molecular weight is 255 g/mol. The van der Waals surface area contributed by atoms with Gasteiger partial charge in [0.1, 0.15) is 0 Å². The molecule has 0 fully saturated rings. The molecule has 96 valence electrons. The minimum Gasteiger partial charge on any atom is -0.368 e. The van der Waals surface area contributed by atoms with Crippen LogP contribution in [0.25, 0.3) is 5.69 Å². The molecule has 0 radical (unpaired) electrons. The predicted octanol–water partition coefficient (Wildman–Crippen LogP) is 1.18. The van der Waals surface area contributed by atoms with Gasteiger partial charge in [0.25, 0.3) is 0 Å². The predicted molar refractivity (Wildman–Crippen MR) is 71.7 cm³/mol. The summed E-state index contributed by atoms with van der Waals surface area (Å²) in [7, 11) is 0. The standard InChI is InChI=1S/C12H13N7/c13-11-16-12(18-17-11)14-6-9-7-15-19(8-9)10-4-2-1-3-5-10/h1-5,7-8H,6H2,(H4,13,14,16,17,18). The van der Waals surface area contributed by atoms with Gasteiger partial charge in [0.05, 0.1) is 11.9 Å². The van der Waals surface area contributed by atoms with Crippen LogP contribution in [0.15, 0.2) is 42.7 Å². The summed E-state index contributed by atoms with van der Waals surface area (Å²) in [5, 5.41) is 13.8. The molecule has 7 heteroatoms. The largest absolute Gasteiger partial charge is 0.368 e. The van der Waals surface area contributed by atoms with Crippen LogP contribution in [0.3, 0.4) is 0 Å². The van der Waals surface area contributed by atoms with Crippen LogP contribution < -0.4 is 11.1 Å². The van der Waals surface area contributed by atoms with E-state index in [1.165, 1.54) is 0 Å². The Kier molecular flexibility index (Phi) is 2.85. The molecule has 0 amide bonds. The maximum absolute atomic E-state index is 5.44. The van der Waals surface area contributed by atoms with Gasteiger partial charge in [-0.15, -0.1) is 5.10 Å². The van der Waals surface area contributed by atoms with E-state index in [0.717, 1.165) is 11.3 Å². The van der Waals surface area contributed by atoms with Gasteiger partial charge in [0.15, 0.2) is 0 Å². The summed E-state index contributed by atoms with van der Waals surface area (Å²) < 4.78 is 1.82. The van der Waals surface area contributed by atoms with Gasteiger partial charge < -0.3 is 11.1 Å². The molecule has 0 aliphatic rings. The molecule has 0 aliphatic heterocycles. The third kappa shape index (κ3) is 2.54. The van der Waals surface area contributed by atoms with Crippen molar-refractivity contribution in [2.75, 3.05) is 11.1 Å². The number of nitrogens with zero attached hydrogens (tertiary/aromatic N) is 4. The molecule has 1 aromatic carbocycles. The number of rotatable bonds is 4. The third-order valence-corrected chi connectivity index (χ3v) is 2.61. The van der Waals surface area contributed by atoms with E-state index in [2.05, 4.69) is 25.6 Å². The second-order valence-corrected chi connectivity index (χ2v) is 4.03. The van der Waals surface area contributed by atoms with Crippen molar-refractivity contribution in [3.63, 3.8) is 0 Å². The van der Waals surface area contributed by atoms with Crippen molar-refractivity contribution in [2.45, 2.75) is 6.54 Å². The van der Waals surface area contributed by atoms with Gasteiger partial charge in [-0.05, 0) is 12.1 Å². The summed E-state index contributed by atoms with van der Waals surface area (Å²) in [4.78, 5) is 3.96. The number of aromatic amines is 1. The fraction of sp³-hybridized carbons (Fsp3) is 0.0833. The highest BCUT2D eigenvalue weighted by atomic mass is 15.3. The van der Waals surface area contributed by atoms with Crippen LogP contribution >= 0.6 is 0 Å². The van der Waals surface area contributed by atoms with Crippen molar-refractivity contribution in [3.05, 3.63) is 48.3 Å². The number of nitrogens with one attached hydrogen (secondary N) is 2. The van der Waals surface area contributed by atoms with Crippen LogP contribution in [-0.2, 0) is 6.54 Å².